The van der Waals surface area contributed by atoms with Crippen LogP contribution in [0.1, 0.15) is 35.4 Å². The molecule has 2 aromatic carbocycles. The first-order valence-corrected chi connectivity index (χ1v) is 10.8. The molecule has 1 aliphatic heterocycles. The maximum Gasteiger partial charge on any atom is 0.222 e. The first kappa shape index (κ1) is 18.9. The van der Waals surface area contributed by atoms with Gasteiger partial charge in [0.15, 0.2) is 0 Å². The molecule has 5 heteroatoms. The van der Waals surface area contributed by atoms with Gasteiger partial charge in [-0.1, -0.05) is 24.3 Å². The first-order chi connectivity index (χ1) is 13.6. The molecule has 0 saturated carbocycles. The van der Waals surface area contributed by atoms with Crippen LogP contribution >= 0.6 is 11.3 Å². The lowest BCUT2D eigenvalue weighted by atomic mass is 10.1. The van der Waals surface area contributed by atoms with Gasteiger partial charge in [-0.15, -0.1) is 11.3 Å². The van der Waals surface area contributed by atoms with Crippen molar-refractivity contribution in [3.8, 4) is 5.75 Å². The minimum absolute atomic E-state index is 0.189. The van der Waals surface area contributed by atoms with E-state index in [1.54, 1.807) is 11.3 Å². The van der Waals surface area contributed by atoms with E-state index < -0.39 is 0 Å². The van der Waals surface area contributed by atoms with Crippen molar-refractivity contribution in [3.05, 3.63) is 58.6 Å². The highest BCUT2D eigenvalue weighted by molar-refractivity contribution is 7.18. The molecule has 1 aromatic heterocycles. The number of aromatic nitrogens is 1. The van der Waals surface area contributed by atoms with Crippen LogP contribution in [0.25, 0.3) is 10.2 Å². The van der Waals surface area contributed by atoms with Crippen LogP contribution in [0.5, 0.6) is 5.75 Å². The van der Waals surface area contributed by atoms with E-state index in [4.69, 9.17) is 4.74 Å². The van der Waals surface area contributed by atoms with Gasteiger partial charge in [0.1, 0.15) is 11.9 Å². The third-order valence-electron chi connectivity index (χ3n) is 5.32. The Morgan fingerprint density at radius 2 is 1.96 bits per heavy atom. The van der Waals surface area contributed by atoms with Gasteiger partial charge >= 0.3 is 0 Å². The molecule has 1 amide bonds. The number of aryl methyl sites for hydroxylation is 3. The number of hydrogen-bond donors (Lipinski definition) is 0. The predicted octanol–water partition coefficient (Wildman–Crippen LogP) is 4.92. The van der Waals surface area contributed by atoms with Crippen LogP contribution in [0.2, 0.25) is 0 Å². The largest absolute Gasteiger partial charge is 0.490 e. The second-order valence-corrected chi connectivity index (χ2v) is 8.66. The topological polar surface area (TPSA) is 42.4 Å². The molecule has 0 aliphatic carbocycles. The normalized spacial score (nSPS) is 15.1. The van der Waals surface area contributed by atoms with Gasteiger partial charge in [-0.25, -0.2) is 4.98 Å². The molecule has 1 aliphatic rings. The van der Waals surface area contributed by atoms with Gasteiger partial charge in [0.2, 0.25) is 5.91 Å². The minimum atomic E-state index is 0.189. The zero-order chi connectivity index (χ0) is 19.5. The molecule has 1 saturated heterocycles. The third-order valence-corrected chi connectivity index (χ3v) is 6.42. The van der Waals surface area contributed by atoms with Gasteiger partial charge in [-0.2, -0.15) is 0 Å². The van der Waals surface area contributed by atoms with Gasteiger partial charge in [0.05, 0.1) is 15.2 Å². The second-order valence-electron chi connectivity index (χ2n) is 7.54. The summed E-state index contributed by atoms with van der Waals surface area (Å²) in [5.74, 6) is 1.20. The lowest BCUT2D eigenvalue weighted by Crippen LogP contribution is -2.41. The van der Waals surface area contributed by atoms with Crippen LogP contribution < -0.4 is 4.74 Å². The highest BCUT2D eigenvalue weighted by atomic mass is 32.1. The number of fused-ring (bicyclic) bond motifs is 1. The van der Waals surface area contributed by atoms with Crippen molar-refractivity contribution in [3.63, 3.8) is 0 Å². The van der Waals surface area contributed by atoms with Crippen molar-refractivity contribution < 1.29 is 9.53 Å². The van der Waals surface area contributed by atoms with E-state index in [-0.39, 0.29) is 12.0 Å². The highest BCUT2D eigenvalue weighted by Gasteiger charge is 2.24. The summed E-state index contributed by atoms with van der Waals surface area (Å²) in [6.07, 6.45) is 3.22. The number of carbonyl (C=O) groups is 1. The Morgan fingerprint density at radius 1 is 1.18 bits per heavy atom. The summed E-state index contributed by atoms with van der Waals surface area (Å²) in [5, 5.41) is 1.04. The molecule has 0 N–H and O–H groups in total. The summed E-state index contributed by atoms with van der Waals surface area (Å²) in [5.41, 5.74) is 3.40. The standard InChI is InChI=1S/C23H26N2O2S/c1-16-7-8-17(2)20(15-16)27-18-11-13-25(14-12-18)23(26)10-9-22-24-19-5-3-4-6-21(19)28-22/h3-8,15,18H,9-14H2,1-2H3. The fraction of sp³-hybridized carbons (Fsp3) is 0.391. The third kappa shape index (κ3) is 4.36. The molecule has 146 valence electrons. The smallest absolute Gasteiger partial charge is 0.222 e. The molecule has 4 nitrogen and oxygen atoms in total. The van der Waals surface area contributed by atoms with E-state index >= 15 is 0 Å². The number of nitrogens with zero attached hydrogens (tertiary/aromatic N) is 2. The molecule has 0 radical (unpaired) electrons. The maximum atomic E-state index is 12.6. The summed E-state index contributed by atoms with van der Waals surface area (Å²) in [7, 11) is 0. The molecule has 0 bridgehead atoms. The summed E-state index contributed by atoms with van der Waals surface area (Å²) < 4.78 is 7.40. The Morgan fingerprint density at radius 3 is 2.75 bits per heavy atom. The number of hydrogen-bond acceptors (Lipinski definition) is 4. The van der Waals surface area contributed by atoms with E-state index in [1.807, 2.05) is 23.1 Å². The number of ether oxygens (including phenoxy) is 1. The number of rotatable bonds is 5. The molecule has 4 rings (SSSR count). The number of piperidine rings is 1. The number of likely N-dealkylation sites (tertiary alicyclic amines) is 1. The molecule has 0 unspecified atom stereocenters. The fourth-order valence-electron chi connectivity index (χ4n) is 3.64. The molecule has 1 fully saturated rings. The summed E-state index contributed by atoms with van der Waals surface area (Å²) in [6, 6.07) is 14.4. The van der Waals surface area contributed by atoms with Crippen molar-refractivity contribution >= 4 is 27.5 Å². The Bertz CT molecular complexity index is 941. The molecular formula is C23H26N2O2S. The molecule has 3 aromatic rings. The zero-order valence-corrected chi connectivity index (χ0v) is 17.3. The van der Waals surface area contributed by atoms with Crippen molar-refractivity contribution in [2.75, 3.05) is 13.1 Å². The minimum Gasteiger partial charge on any atom is -0.490 e. The summed E-state index contributed by atoms with van der Waals surface area (Å²) in [6.45, 7) is 5.71. The molecule has 0 spiro atoms. The lowest BCUT2D eigenvalue weighted by molar-refractivity contribution is -0.132. The average Bonchev–Trinajstić information content (AvgIpc) is 3.12. The van der Waals surface area contributed by atoms with E-state index in [0.29, 0.717) is 6.42 Å². The van der Waals surface area contributed by atoms with Gasteiger partial charge in [0, 0.05) is 38.8 Å². The zero-order valence-electron chi connectivity index (χ0n) is 16.5. The van der Waals surface area contributed by atoms with Gasteiger partial charge in [-0.05, 0) is 43.2 Å². The van der Waals surface area contributed by atoms with Crippen LogP contribution in [0.4, 0.5) is 0 Å². The van der Waals surface area contributed by atoms with Gasteiger partial charge < -0.3 is 9.64 Å². The number of carbonyl (C=O) groups excluding carboxylic acids is 1. The van der Waals surface area contributed by atoms with Gasteiger partial charge in [0.25, 0.3) is 0 Å². The van der Waals surface area contributed by atoms with Crippen LogP contribution in [-0.2, 0) is 11.2 Å². The number of para-hydroxylation sites is 1. The van der Waals surface area contributed by atoms with Crippen molar-refractivity contribution in [2.24, 2.45) is 0 Å². The van der Waals surface area contributed by atoms with Gasteiger partial charge in [-0.3, -0.25) is 4.79 Å². The maximum absolute atomic E-state index is 12.6. The fourth-order valence-corrected chi connectivity index (χ4v) is 4.60. The quantitative estimate of drug-likeness (QED) is 0.617. The molecule has 0 atom stereocenters. The SMILES string of the molecule is Cc1ccc(C)c(OC2CCN(C(=O)CCc3nc4ccccc4s3)CC2)c1. The van der Waals surface area contributed by atoms with E-state index in [1.165, 1.54) is 15.8 Å². The van der Waals surface area contributed by atoms with Crippen LogP contribution in [0.15, 0.2) is 42.5 Å². The number of amides is 1. The number of thiazole rings is 1. The monoisotopic (exact) mass is 394 g/mol. The lowest BCUT2D eigenvalue weighted by Gasteiger charge is -2.32. The summed E-state index contributed by atoms with van der Waals surface area (Å²) in [4.78, 5) is 19.2. The van der Waals surface area contributed by atoms with Crippen LogP contribution in [0, 0.1) is 13.8 Å². The number of benzene rings is 2. The van der Waals surface area contributed by atoms with Crippen LogP contribution in [0.3, 0.4) is 0 Å². The Kier molecular flexibility index (Phi) is 5.62. The summed E-state index contributed by atoms with van der Waals surface area (Å²) >= 11 is 1.69. The van der Waals surface area contributed by atoms with E-state index in [0.717, 1.165) is 48.6 Å². The van der Waals surface area contributed by atoms with E-state index in [2.05, 4.69) is 43.1 Å². The highest BCUT2D eigenvalue weighted by Crippen LogP contribution is 2.25. The van der Waals surface area contributed by atoms with E-state index in [9.17, 15) is 4.79 Å². The average molecular weight is 395 g/mol. The molecule has 28 heavy (non-hydrogen) atoms. The van der Waals surface area contributed by atoms with Crippen molar-refractivity contribution in [1.82, 2.24) is 9.88 Å². The predicted molar refractivity (Wildman–Crippen MR) is 114 cm³/mol. The Hall–Kier alpha value is -2.40. The molecule has 2 heterocycles. The second kappa shape index (κ2) is 8.31. The van der Waals surface area contributed by atoms with Crippen LogP contribution in [-0.4, -0.2) is 35.0 Å². The molecular weight excluding hydrogens is 368 g/mol. The Balaban J connectivity index is 1.27. The first-order valence-electron chi connectivity index (χ1n) is 9.94. The van der Waals surface area contributed by atoms with Crippen molar-refractivity contribution in [2.45, 2.75) is 45.6 Å². The van der Waals surface area contributed by atoms with Crippen molar-refractivity contribution in [1.29, 1.82) is 0 Å². The Labute approximate surface area is 170 Å².